The molecular weight excluding hydrogens is 371 g/mol. The van der Waals surface area contributed by atoms with Crippen LogP contribution < -0.4 is 5.32 Å². The summed E-state index contributed by atoms with van der Waals surface area (Å²) in [6.07, 6.45) is 3.42. The summed E-state index contributed by atoms with van der Waals surface area (Å²) in [4.78, 5) is 17.1. The molecule has 2 bridgehead atoms. The number of carbonyl (C=O) groups excluding carboxylic acids is 1. The fourth-order valence-electron chi connectivity index (χ4n) is 3.56. The molecule has 4 aromatic rings. The maximum absolute atomic E-state index is 13.1. The molecule has 128 valence electrons. The van der Waals surface area contributed by atoms with Gasteiger partial charge in [-0.2, -0.15) is 0 Å². The molecule has 0 saturated heterocycles. The van der Waals surface area contributed by atoms with Crippen molar-refractivity contribution in [1.29, 1.82) is 0 Å². The topological polar surface area (TPSA) is 55.1 Å². The maximum Gasteiger partial charge on any atom is 0.260 e. The zero-order valence-electron chi connectivity index (χ0n) is 13.6. The summed E-state index contributed by atoms with van der Waals surface area (Å²) < 4.78 is 5.94. The second-order valence-corrected chi connectivity index (χ2v) is 7.19. The van der Waals surface area contributed by atoms with Crippen LogP contribution in [0.25, 0.3) is 22.3 Å². The minimum atomic E-state index is -0.231. The third kappa shape index (κ3) is 2.16. The Hall–Kier alpha value is -2.56. The minimum Gasteiger partial charge on any atom is -0.455 e. The highest BCUT2D eigenvalue weighted by atomic mass is 35.5. The molecule has 1 atom stereocenters. The lowest BCUT2D eigenvalue weighted by atomic mass is 10.00. The van der Waals surface area contributed by atoms with Gasteiger partial charge in [-0.25, -0.2) is 0 Å². The number of amides is 1. The number of aromatic nitrogens is 1. The van der Waals surface area contributed by atoms with Crippen LogP contribution in [0, 0.1) is 0 Å². The number of fused-ring (bicyclic) bond motifs is 5. The third-order valence-corrected chi connectivity index (χ3v) is 5.58. The van der Waals surface area contributed by atoms with Crippen LogP contribution in [0.2, 0.25) is 10.0 Å². The third-order valence-electron chi connectivity index (χ3n) is 4.84. The van der Waals surface area contributed by atoms with Crippen LogP contribution in [0.5, 0.6) is 0 Å². The number of halogens is 2. The molecule has 0 radical (unpaired) electrons. The van der Waals surface area contributed by atoms with Crippen LogP contribution in [0.15, 0.2) is 47.1 Å². The first-order valence-electron chi connectivity index (χ1n) is 8.14. The number of anilines is 1. The van der Waals surface area contributed by atoms with Gasteiger partial charge in [-0.1, -0.05) is 30.1 Å². The summed E-state index contributed by atoms with van der Waals surface area (Å²) in [5.74, 6) is 0.117. The van der Waals surface area contributed by atoms with Crippen molar-refractivity contribution in [1.82, 2.24) is 4.98 Å². The van der Waals surface area contributed by atoms with Crippen molar-refractivity contribution in [3.05, 3.63) is 69.5 Å². The highest BCUT2D eigenvalue weighted by molar-refractivity contribution is 6.42. The Morgan fingerprint density at radius 3 is 2.54 bits per heavy atom. The highest BCUT2D eigenvalue weighted by Crippen LogP contribution is 2.58. The van der Waals surface area contributed by atoms with Gasteiger partial charge >= 0.3 is 0 Å². The van der Waals surface area contributed by atoms with Crippen molar-refractivity contribution in [3.63, 3.8) is 0 Å². The van der Waals surface area contributed by atoms with E-state index < -0.39 is 0 Å². The number of furan rings is 2. The van der Waals surface area contributed by atoms with E-state index in [4.69, 9.17) is 27.6 Å². The second-order valence-electron chi connectivity index (χ2n) is 6.38. The van der Waals surface area contributed by atoms with Gasteiger partial charge in [0.05, 0.1) is 15.6 Å². The molecule has 5 rings (SSSR count). The smallest absolute Gasteiger partial charge is 0.260 e. The van der Waals surface area contributed by atoms with Gasteiger partial charge in [0, 0.05) is 40.7 Å². The molecule has 3 aromatic heterocycles. The van der Waals surface area contributed by atoms with Crippen molar-refractivity contribution in [2.75, 3.05) is 5.32 Å². The number of carbonyl (C=O) groups is 1. The van der Waals surface area contributed by atoms with Crippen molar-refractivity contribution in [3.8, 4) is 11.1 Å². The average molecular weight is 383 g/mol. The van der Waals surface area contributed by atoms with E-state index >= 15 is 0 Å². The van der Waals surface area contributed by atoms with E-state index in [0.29, 0.717) is 32.8 Å². The predicted molar refractivity (Wildman–Crippen MR) is 103 cm³/mol. The minimum absolute atomic E-state index is 0.231. The van der Waals surface area contributed by atoms with E-state index in [1.54, 1.807) is 30.6 Å². The number of nitrogens with one attached hydrogen (secondary N) is 1. The van der Waals surface area contributed by atoms with E-state index in [9.17, 15) is 4.79 Å². The Bertz CT molecular complexity index is 1170. The van der Waals surface area contributed by atoms with Gasteiger partial charge in [0.15, 0.2) is 0 Å². The molecule has 6 heteroatoms. The Morgan fingerprint density at radius 1 is 1.08 bits per heavy atom. The lowest BCUT2D eigenvalue weighted by Gasteiger charge is -2.08. The van der Waals surface area contributed by atoms with Crippen molar-refractivity contribution in [2.24, 2.45) is 0 Å². The Morgan fingerprint density at radius 2 is 1.81 bits per heavy atom. The van der Waals surface area contributed by atoms with Crippen molar-refractivity contribution in [2.45, 2.75) is 12.8 Å². The largest absolute Gasteiger partial charge is 0.455 e. The molecule has 3 heterocycles. The summed E-state index contributed by atoms with van der Waals surface area (Å²) in [6, 6.07) is 8.76. The van der Waals surface area contributed by atoms with Gasteiger partial charge in [0.25, 0.3) is 5.91 Å². The predicted octanol–water partition coefficient (Wildman–Crippen LogP) is 5.96. The van der Waals surface area contributed by atoms with Crippen LogP contribution in [0.3, 0.4) is 0 Å². The Labute approximate surface area is 159 Å². The zero-order valence-corrected chi connectivity index (χ0v) is 15.2. The van der Waals surface area contributed by atoms with Crippen LogP contribution in [-0.2, 0) is 0 Å². The van der Waals surface area contributed by atoms with Gasteiger partial charge in [-0.05, 0) is 35.9 Å². The monoisotopic (exact) mass is 382 g/mol. The standard InChI is InChI=1S/C20H12Cl2N2O2/c1-9-14-15(9)19-17(16(18(14)26-19)10-4-6-23-7-5-10)20(25)24-11-2-3-12(21)13(22)8-11/h2-9H,1H3,(H,24,25)/t9-/m1/s1. The SMILES string of the molecule is C[C@H]1c2c1c1oc2c(C(=O)Nc2ccc(Cl)c(Cl)c2)c1-c1ccncc1. The molecule has 4 nitrogen and oxygen atoms in total. The quantitative estimate of drug-likeness (QED) is 0.475. The number of benzene rings is 2. The van der Waals surface area contributed by atoms with Gasteiger partial charge in [-0.3, -0.25) is 9.78 Å². The molecule has 1 aliphatic rings. The molecule has 1 aromatic carbocycles. The lowest BCUT2D eigenvalue weighted by Crippen LogP contribution is -2.12. The zero-order chi connectivity index (χ0) is 18.0. The highest BCUT2D eigenvalue weighted by Gasteiger charge is 2.43. The Balaban J connectivity index is 1.61. The number of hydrogen-bond acceptors (Lipinski definition) is 3. The molecule has 1 N–H and O–H groups in total. The second kappa shape index (κ2) is 5.47. The van der Waals surface area contributed by atoms with E-state index in [0.717, 1.165) is 22.3 Å². The summed E-state index contributed by atoms with van der Waals surface area (Å²) in [6.45, 7) is 2.12. The van der Waals surface area contributed by atoms with Crippen molar-refractivity contribution >= 4 is 46.0 Å². The number of nitrogens with zero attached hydrogens (tertiary/aromatic N) is 1. The van der Waals surface area contributed by atoms with Crippen LogP contribution in [-0.4, -0.2) is 10.9 Å². The molecule has 1 amide bonds. The maximum atomic E-state index is 13.1. The van der Waals surface area contributed by atoms with Crippen LogP contribution in [0.1, 0.15) is 34.3 Å². The van der Waals surface area contributed by atoms with Gasteiger partial charge in [0.2, 0.25) is 0 Å². The molecule has 0 fully saturated rings. The van der Waals surface area contributed by atoms with Gasteiger partial charge < -0.3 is 9.73 Å². The molecule has 0 spiro atoms. The van der Waals surface area contributed by atoms with E-state index in [-0.39, 0.29) is 5.91 Å². The van der Waals surface area contributed by atoms with Crippen LogP contribution in [0.4, 0.5) is 5.69 Å². The van der Waals surface area contributed by atoms with Gasteiger partial charge in [-0.15, -0.1) is 0 Å². The molecule has 0 unspecified atom stereocenters. The molecule has 0 aliphatic heterocycles. The molecule has 0 saturated carbocycles. The number of hydrogen-bond donors (Lipinski definition) is 1. The number of pyridine rings is 1. The fraction of sp³-hybridized carbons (Fsp3) is 0.100. The summed E-state index contributed by atoms with van der Waals surface area (Å²) >= 11 is 12.0. The fourth-order valence-corrected chi connectivity index (χ4v) is 3.86. The summed E-state index contributed by atoms with van der Waals surface area (Å²) in [5, 5.41) is 3.73. The average Bonchev–Trinajstić information content (AvgIpc) is 3.02. The lowest BCUT2D eigenvalue weighted by molar-refractivity contribution is 0.102. The summed E-state index contributed by atoms with van der Waals surface area (Å²) in [7, 11) is 0. The summed E-state index contributed by atoms with van der Waals surface area (Å²) in [5.41, 5.74) is 6.69. The van der Waals surface area contributed by atoms with E-state index in [2.05, 4.69) is 17.2 Å². The Kier molecular flexibility index (Phi) is 3.30. The van der Waals surface area contributed by atoms with Crippen LogP contribution >= 0.6 is 23.2 Å². The van der Waals surface area contributed by atoms with Crippen molar-refractivity contribution < 1.29 is 9.21 Å². The first-order chi connectivity index (χ1) is 12.6. The molecular formula is C20H12Cl2N2O2. The normalized spacial score (nSPS) is 15.3. The first-order valence-corrected chi connectivity index (χ1v) is 8.90. The number of rotatable bonds is 3. The van der Waals surface area contributed by atoms with E-state index in [1.165, 1.54) is 5.56 Å². The first kappa shape index (κ1) is 15.7. The van der Waals surface area contributed by atoms with Gasteiger partial charge in [0.1, 0.15) is 11.2 Å². The molecule has 26 heavy (non-hydrogen) atoms. The van der Waals surface area contributed by atoms with E-state index in [1.807, 2.05) is 12.1 Å². The molecule has 1 aliphatic carbocycles.